The molecular formula is C40H51N5O7. The molecule has 0 aromatic heterocycles. The van der Waals surface area contributed by atoms with Gasteiger partial charge >= 0.3 is 0 Å². The lowest BCUT2D eigenvalue weighted by Gasteiger charge is -2.35. The third-order valence-electron chi connectivity index (χ3n) is 10.9. The number of hydrogen-bond acceptors (Lipinski definition) is 8. The third kappa shape index (κ3) is 7.71. The molecule has 52 heavy (non-hydrogen) atoms. The number of aryl methyl sites for hydroxylation is 2. The second-order valence-corrected chi connectivity index (χ2v) is 16.2. The minimum absolute atomic E-state index is 0.0419. The lowest BCUT2D eigenvalue weighted by atomic mass is 9.85. The Bertz CT molecular complexity index is 1760. The molecule has 2 heterocycles. The molecule has 1 spiro atoms. The van der Waals surface area contributed by atoms with E-state index in [0.29, 0.717) is 25.0 Å². The highest BCUT2D eigenvalue weighted by Crippen LogP contribution is 2.48. The second kappa shape index (κ2) is 14.4. The molecule has 6 atom stereocenters. The minimum atomic E-state index is -1.04. The van der Waals surface area contributed by atoms with Crippen LogP contribution in [0, 0.1) is 31.1 Å². The normalized spacial score (nSPS) is 24.7. The fraction of sp³-hybridized carbons (Fsp3) is 0.550. The van der Waals surface area contributed by atoms with Gasteiger partial charge in [0.2, 0.25) is 23.5 Å². The smallest absolute Gasteiger partial charge is 0.289 e. The van der Waals surface area contributed by atoms with Crippen LogP contribution < -0.4 is 20.7 Å². The molecule has 278 valence electrons. The van der Waals surface area contributed by atoms with Crippen molar-refractivity contribution >= 4 is 35.1 Å². The third-order valence-corrected chi connectivity index (χ3v) is 10.9. The Hall–Kier alpha value is -4.74. The number of ketones is 1. The van der Waals surface area contributed by atoms with Crippen LogP contribution in [0.2, 0.25) is 0 Å². The average Bonchev–Trinajstić information content (AvgIpc) is 4.03. The fourth-order valence-corrected chi connectivity index (χ4v) is 7.81. The molecule has 2 aliphatic carbocycles. The average molecular weight is 714 g/mol. The van der Waals surface area contributed by atoms with Crippen LogP contribution in [0.15, 0.2) is 47.6 Å². The van der Waals surface area contributed by atoms with Crippen molar-refractivity contribution in [3.05, 3.63) is 64.7 Å². The van der Waals surface area contributed by atoms with Crippen molar-refractivity contribution in [1.29, 1.82) is 0 Å². The molecule has 2 aromatic carbocycles. The van der Waals surface area contributed by atoms with Gasteiger partial charge in [-0.25, -0.2) is 0 Å². The number of amides is 4. The van der Waals surface area contributed by atoms with Crippen LogP contribution >= 0.6 is 0 Å². The monoisotopic (exact) mass is 713 g/mol. The SMILES string of the molecule is CNC(=O)C(=O)[C@H](CC1CC1)NC(=O)[C@@H]1C[C@]2(CC(c3cc(C)c(OC)c(C)c3)=NO2)CN1C(=O)[C@@H](NC(=O)[C@@H]1CC1c1ccccc1)C(C)(C)C. The number of carbonyl (C=O) groups is 5. The maximum Gasteiger partial charge on any atom is 0.289 e. The Kier molecular flexibility index (Phi) is 10.2. The summed E-state index contributed by atoms with van der Waals surface area (Å²) in [5.41, 5.74) is 2.79. The van der Waals surface area contributed by atoms with E-state index in [1.807, 2.05) is 77.1 Å². The summed E-state index contributed by atoms with van der Waals surface area (Å²) in [4.78, 5) is 75.8. The molecule has 0 bridgehead atoms. The quantitative estimate of drug-likeness (QED) is 0.284. The van der Waals surface area contributed by atoms with Gasteiger partial charge in [0, 0.05) is 31.4 Å². The number of ether oxygens (including phenoxy) is 1. The van der Waals surface area contributed by atoms with Crippen molar-refractivity contribution in [3.63, 3.8) is 0 Å². The molecule has 1 saturated heterocycles. The van der Waals surface area contributed by atoms with Crippen molar-refractivity contribution in [1.82, 2.24) is 20.9 Å². The molecule has 3 fully saturated rings. The first-order valence-corrected chi connectivity index (χ1v) is 18.3. The molecule has 2 aromatic rings. The summed E-state index contributed by atoms with van der Waals surface area (Å²) < 4.78 is 5.55. The van der Waals surface area contributed by atoms with Gasteiger partial charge in [0.05, 0.1) is 25.4 Å². The Morgan fingerprint density at radius 1 is 1.02 bits per heavy atom. The molecule has 2 saturated carbocycles. The van der Waals surface area contributed by atoms with Gasteiger partial charge in [-0.05, 0) is 72.8 Å². The van der Waals surface area contributed by atoms with E-state index in [9.17, 15) is 24.0 Å². The van der Waals surface area contributed by atoms with Gasteiger partial charge in [0.1, 0.15) is 17.8 Å². The molecular weight excluding hydrogens is 662 g/mol. The Balaban J connectivity index is 1.27. The van der Waals surface area contributed by atoms with Crippen molar-refractivity contribution in [3.8, 4) is 5.75 Å². The molecule has 2 aliphatic heterocycles. The predicted octanol–water partition coefficient (Wildman–Crippen LogP) is 3.71. The number of nitrogens with one attached hydrogen (secondary N) is 3. The Morgan fingerprint density at radius 2 is 1.69 bits per heavy atom. The number of likely N-dealkylation sites (N-methyl/N-ethyl adjacent to an activating group) is 1. The number of hydrogen-bond donors (Lipinski definition) is 3. The zero-order valence-corrected chi connectivity index (χ0v) is 31.2. The Labute approximate surface area is 305 Å². The zero-order chi connectivity index (χ0) is 37.5. The highest BCUT2D eigenvalue weighted by atomic mass is 16.7. The summed E-state index contributed by atoms with van der Waals surface area (Å²) in [5.74, 6) is -1.83. The molecule has 0 radical (unpaired) electrons. The number of methoxy groups -OCH3 is 1. The highest BCUT2D eigenvalue weighted by molar-refractivity contribution is 6.38. The molecule has 1 unspecified atom stereocenters. The van der Waals surface area contributed by atoms with Crippen molar-refractivity contribution in [2.24, 2.45) is 22.4 Å². The minimum Gasteiger partial charge on any atom is -0.496 e. The van der Waals surface area contributed by atoms with Crippen molar-refractivity contribution in [2.75, 3.05) is 20.7 Å². The van der Waals surface area contributed by atoms with Crippen LogP contribution in [-0.2, 0) is 28.8 Å². The van der Waals surface area contributed by atoms with Crippen molar-refractivity contribution < 1.29 is 33.5 Å². The summed E-state index contributed by atoms with van der Waals surface area (Å²) in [6, 6.07) is 10.8. The number of nitrogens with zero attached hydrogens (tertiary/aromatic N) is 2. The molecule has 4 aliphatic rings. The molecule has 12 heteroatoms. The lowest BCUT2D eigenvalue weighted by Crippen LogP contribution is -2.59. The first-order valence-electron chi connectivity index (χ1n) is 18.3. The summed E-state index contributed by atoms with van der Waals surface area (Å²) in [7, 11) is 3.01. The van der Waals surface area contributed by atoms with E-state index in [1.54, 1.807) is 7.11 Å². The number of carbonyl (C=O) groups excluding carboxylic acids is 5. The van der Waals surface area contributed by atoms with Crippen molar-refractivity contribution in [2.45, 2.75) is 103 Å². The van der Waals surface area contributed by atoms with E-state index in [0.717, 1.165) is 40.8 Å². The van der Waals surface area contributed by atoms with E-state index in [1.165, 1.54) is 11.9 Å². The van der Waals surface area contributed by atoms with E-state index in [2.05, 4.69) is 21.1 Å². The van der Waals surface area contributed by atoms with Gasteiger partial charge in [-0.15, -0.1) is 0 Å². The van der Waals surface area contributed by atoms with Gasteiger partial charge in [0.15, 0.2) is 5.60 Å². The van der Waals surface area contributed by atoms with Crippen LogP contribution in [0.1, 0.15) is 87.5 Å². The van der Waals surface area contributed by atoms with Crippen LogP contribution in [0.4, 0.5) is 0 Å². The van der Waals surface area contributed by atoms with E-state index >= 15 is 0 Å². The largest absolute Gasteiger partial charge is 0.496 e. The maximum atomic E-state index is 14.7. The maximum absolute atomic E-state index is 14.7. The number of rotatable bonds is 12. The summed E-state index contributed by atoms with van der Waals surface area (Å²) in [5, 5.41) is 12.7. The molecule has 6 rings (SSSR count). The number of benzene rings is 2. The number of Topliss-reactive ketones (excluding diaryl/α,β-unsaturated/α-hetero) is 1. The summed E-state index contributed by atoms with van der Waals surface area (Å²) in [6.45, 7) is 9.61. The number of likely N-dealkylation sites (tertiary alicyclic amines) is 1. The first-order chi connectivity index (χ1) is 24.6. The topological polar surface area (TPSA) is 156 Å². The van der Waals surface area contributed by atoms with Crippen LogP contribution in [-0.4, -0.2) is 84.5 Å². The van der Waals surface area contributed by atoms with E-state index in [-0.39, 0.29) is 36.6 Å². The van der Waals surface area contributed by atoms with Gasteiger partial charge in [-0.1, -0.05) is 69.1 Å². The summed E-state index contributed by atoms with van der Waals surface area (Å²) >= 11 is 0. The molecule has 3 N–H and O–H groups in total. The van der Waals surface area contributed by atoms with E-state index < -0.39 is 52.6 Å². The molecule has 12 nitrogen and oxygen atoms in total. The second-order valence-electron chi connectivity index (χ2n) is 16.2. The highest BCUT2D eigenvalue weighted by Gasteiger charge is 2.56. The predicted molar refractivity (Wildman–Crippen MR) is 195 cm³/mol. The number of oxime groups is 1. The Morgan fingerprint density at radius 3 is 2.29 bits per heavy atom. The standard InChI is InChI=1S/C40H51N5O7/c1-22-15-26(16-23(2)33(22)51-7)30-19-40(52-44-30)20-31(36(48)42-29(17-24-13-14-24)32(46)37(49)41-6)45(21-40)38(50)34(39(3,4)5)43-35(47)28-18-27(28)25-11-9-8-10-12-25/h8-12,15-16,24,27-29,31,34H,13-14,17-21H2,1-7H3,(H,41,49)(H,42,48)(H,43,47)/t27?,28-,29+,31+,34-,40-/m1/s1. The van der Waals surface area contributed by atoms with Gasteiger partial charge in [-0.3, -0.25) is 24.0 Å². The molecule has 4 amide bonds. The van der Waals surface area contributed by atoms with Crippen LogP contribution in [0.5, 0.6) is 5.75 Å². The lowest BCUT2D eigenvalue weighted by molar-refractivity contribution is -0.145. The zero-order valence-electron chi connectivity index (χ0n) is 31.2. The fourth-order valence-electron chi connectivity index (χ4n) is 7.81. The van der Waals surface area contributed by atoms with Gasteiger partial charge in [-0.2, -0.15) is 0 Å². The van der Waals surface area contributed by atoms with Crippen LogP contribution in [0.3, 0.4) is 0 Å². The summed E-state index contributed by atoms with van der Waals surface area (Å²) in [6.07, 6.45) is 3.32. The van der Waals surface area contributed by atoms with Crippen LogP contribution in [0.25, 0.3) is 0 Å². The first kappa shape index (κ1) is 37.0. The van der Waals surface area contributed by atoms with Gasteiger partial charge in [0.25, 0.3) is 5.91 Å². The van der Waals surface area contributed by atoms with Gasteiger partial charge < -0.3 is 30.4 Å². The van der Waals surface area contributed by atoms with E-state index in [4.69, 9.17) is 9.57 Å².